The molecule has 4 atom stereocenters. The quantitative estimate of drug-likeness (QED) is 0.632. The van der Waals surface area contributed by atoms with Crippen molar-refractivity contribution in [2.24, 2.45) is 29.6 Å². The largest absolute Gasteiger partial charge is 0.356 e. The lowest BCUT2D eigenvalue weighted by Gasteiger charge is -2.32. The van der Waals surface area contributed by atoms with Gasteiger partial charge < -0.3 is 10.6 Å². The van der Waals surface area contributed by atoms with Crippen molar-refractivity contribution in [1.29, 1.82) is 0 Å². The van der Waals surface area contributed by atoms with E-state index in [9.17, 15) is 14.4 Å². The summed E-state index contributed by atoms with van der Waals surface area (Å²) in [6.45, 7) is 10.6. The molecular formula is C20H31N3O3S. The molecule has 2 N–H and O–H groups in total. The van der Waals surface area contributed by atoms with Crippen LogP contribution in [-0.2, 0) is 9.59 Å². The van der Waals surface area contributed by atoms with E-state index in [2.05, 4.69) is 15.6 Å². The Morgan fingerprint density at radius 2 is 1.96 bits per heavy atom. The van der Waals surface area contributed by atoms with Crippen LogP contribution < -0.4 is 10.6 Å². The van der Waals surface area contributed by atoms with E-state index < -0.39 is 5.92 Å². The molecule has 1 fully saturated rings. The van der Waals surface area contributed by atoms with Gasteiger partial charge in [0.25, 0.3) is 0 Å². The number of carbonyl (C=O) groups is 3. The van der Waals surface area contributed by atoms with Gasteiger partial charge >= 0.3 is 0 Å². The van der Waals surface area contributed by atoms with Gasteiger partial charge in [-0.3, -0.25) is 14.4 Å². The van der Waals surface area contributed by atoms with Gasteiger partial charge in [-0.15, -0.1) is 11.3 Å². The fourth-order valence-electron chi connectivity index (χ4n) is 3.43. The highest BCUT2D eigenvalue weighted by molar-refractivity contribution is 7.11. The number of ketones is 1. The standard InChI is InChI=1S/C20H31N3O3S/c1-11(2)13(5)18(25)23-16(12(3)4)15(10-14-6-7-21-19(14)26)17(24)20-22-8-9-27-20/h8-9,11-16H,6-7,10H2,1-5H3,(H,21,26)(H,23,25)/t13-,14-,15+,16-/m0/s1. The molecule has 0 aliphatic carbocycles. The van der Waals surface area contributed by atoms with E-state index in [0.717, 1.165) is 6.42 Å². The lowest BCUT2D eigenvalue weighted by Crippen LogP contribution is -2.49. The Bertz CT molecular complexity index is 657. The molecule has 150 valence electrons. The van der Waals surface area contributed by atoms with Crippen molar-refractivity contribution < 1.29 is 14.4 Å². The van der Waals surface area contributed by atoms with Gasteiger partial charge in [0.05, 0.1) is 0 Å². The summed E-state index contributed by atoms with van der Waals surface area (Å²) >= 11 is 1.30. The molecule has 0 saturated carbocycles. The van der Waals surface area contributed by atoms with E-state index in [4.69, 9.17) is 0 Å². The van der Waals surface area contributed by atoms with E-state index in [0.29, 0.717) is 18.0 Å². The Hall–Kier alpha value is -1.76. The maximum Gasteiger partial charge on any atom is 0.223 e. The average Bonchev–Trinajstić information content (AvgIpc) is 3.28. The zero-order valence-electron chi connectivity index (χ0n) is 16.8. The van der Waals surface area contributed by atoms with Gasteiger partial charge in [0.2, 0.25) is 11.8 Å². The molecule has 27 heavy (non-hydrogen) atoms. The topological polar surface area (TPSA) is 88.2 Å². The molecule has 2 rings (SSSR count). The van der Waals surface area contributed by atoms with E-state index in [1.165, 1.54) is 11.3 Å². The lowest BCUT2D eigenvalue weighted by molar-refractivity contribution is -0.127. The number of nitrogens with zero attached hydrogens (tertiary/aromatic N) is 1. The van der Waals surface area contributed by atoms with Crippen molar-refractivity contribution in [1.82, 2.24) is 15.6 Å². The van der Waals surface area contributed by atoms with Crippen molar-refractivity contribution in [2.75, 3.05) is 6.54 Å². The zero-order chi connectivity index (χ0) is 20.1. The fourth-order valence-corrected chi connectivity index (χ4v) is 4.07. The van der Waals surface area contributed by atoms with Crippen LogP contribution in [0.3, 0.4) is 0 Å². The summed E-state index contributed by atoms with van der Waals surface area (Å²) in [6, 6.07) is -0.330. The van der Waals surface area contributed by atoms with Gasteiger partial charge in [-0.1, -0.05) is 34.6 Å². The monoisotopic (exact) mass is 393 g/mol. The molecule has 1 aromatic rings. The smallest absolute Gasteiger partial charge is 0.223 e. The maximum absolute atomic E-state index is 13.2. The van der Waals surface area contributed by atoms with Crippen LogP contribution in [0.2, 0.25) is 0 Å². The molecule has 0 radical (unpaired) electrons. The summed E-state index contributed by atoms with van der Waals surface area (Å²) < 4.78 is 0. The zero-order valence-corrected chi connectivity index (χ0v) is 17.6. The van der Waals surface area contributed by atoms with Crippen molar-refractivity contribution in [3.8, 4) is 0 Å². The Kier molecular flexibility index (Phi) is 7.53. The van der Waals surface area contributed by atoms with Crippen LogP contribution >= 0.6 is 11.3 Å². The predicted octanol–water partition coefficient (Wildman–Crippen LogP) is 2.90. The first-order chi connectivity index (χ1) is 12.7. The summed E-state index contributed by atoms with van der Waals surface area (Å²) in [4.78, 5) is 42.2. The first kappa shape index (κ1) is 21.5. The van der Waals surface area contributed by atoms with Crippen LogP contribution in [0.5, 0.6) is 0 Å². The van der Waals surface area contributed by atoms with Crippen molar-refractivity contribution >= 4 is 28.9 Å². The number of hydrogen-bond acceptors (Lipinski definition) is 5. The van der Waals surface area contributed by atoms with Crippen molar-refractivity contribution in [2.45, 2.75) is 53.5 Å². The Balaban J connectivity index is 2.27. The summed E-state index contributed by atoms with van der Waals surface area (Å²) in [5.41, 5.74) is 0. The van der Waals surface area contributed by atoms with Crippen LogP contribution in [0, 0.1) is 29.6 Å². The first-order valence-corrected chi connectivity index (χ1v) is 10.6. The van der Waals surface area contributed by atoms with Gasteiger partial charge in [0.15, 0.2) is 10.8 Å². The van der Waals surface area contributed by atoms with E-state index >= 15 is 0 Å². The summed E-state index contributed by atoms with van der Waals surface area (Å²) in [7, 11) is 0. The number of aromatic nitrogens is 1. The second-order valence-electron chi connectivity index (χ2n) is 8.13. The average molecular weight is 394 g/mol. The lowest BCUT2D eigenvalue weighted by atomic mass is 9.80. The molecule has 1 saturated heterocycles. The Labute approximate surface area is 165 Å². The molecule has 1 aliphatic heterocycles. The SMILES string of the molecule is CC(C)[C@H](C)C(=O)N[C@@H](C(C)C)[C@@H](C[C@@H]1CCNC1=O)C(=O)c1nccs1. The van der Waals surface area contributed by atoms with Gasteiger partial charge in [-0.05, 0) is 24.7 Å². The second-order valence-corrected chi connectivity index (χ2v) is 9.03. The minimum absolute atomic E-state index is 0.00341. The number of Topliss-reactive ketones (excluding diaryl/α,β-unsaturated/α-hetero) is 1. The molecule has 0 bridgehead atoms. The van der Waals surface area contributed by atoms with Crippen LogP contribution in [0.4, 0.5) is 0 Å². The molecule has 1 aromatic heterocycles. The van der Waals surface area contributed by atoms with Gasteiger partial charge in [-0.2, -0.15) is 0 Å². The van der Waals surface area contributed by atoms with Crippen LogP contribution in [-0.4, -0.2) is 35.2 Å². The fraction of sp³-hybridized carbons (Fsp3) is 0.700. The number of carbonyl (C=O) groups excluding carboxylic acids is 3. The highest BCUT2D eigenvalue weighted by Gasteiger charge is 2.38. The van der Waals surface area contributed by atoms with E-state index in [-0.39, 0.29) is 47.3 Å². The molecule has 7 heteroatoms. The highest BCUT2D eigenvalue weighted by atomic mass is 32.1. The third-order valence-corrected chi connectivity index (χ3v) is 6.34. The normalized spacial score (nSPS) is 20.4. The van der Waals surface area contributed by atoms with Crippen molar-refractivity contribution in [3.63, 3.8) is 0 Å². The number of hydrogen-bond donors (Lipinski definition) is 2. The van der Waals surface area contributed by atoms with Crippen molar-refractivity contribution in [3.05, 3.63) is 16.6 Å². The molecule has 0 spiro atoms. The molecule has 1 aliphatic rings. The molecule has 6 nitrogen and oxygen atoms in total. The molecule has 0 aromatic carbocycles. The minimum Gasteiger partial charge on any atom is -0.356 e. The third kappa shape index (κ3) is 5.37. The third-order valence-electron chi connectivity index (χ3n) is 5.56. The van der Waals surface area contributed by atoms with Crippen LogP contribution in [0.25, 0.3) is 0 Å². The summed E-state index contributed by atoms with van der Waals surface area (Å²) in [5, 5.41) is 8.17. The summed E-state index contributed by atoms with van der Waals surface area (Å²) in [5.74, 6) is -0.656. The second kappa shape index (κ2) is 9.44. The number of nitrogens with one attached hydrogen (secondary N) is 2. The van der Waals surface area contributed by atoms with E-state index in [1.54, 1.807) is 11.6 Å². The van der Waals surface area contributed by atoms with Gasteiger partial charge in [0.1, 0.15) is 0 Å². The van der Waals surface area contributed by atoms with Crippen LogP contribution in [0.15, 0.2) is 11.6 Å². The number of amides is 2. The highest BCUT2D eigenvalue weighted by Crippen LogP contribution is 2.29. The molecular weight excluding hydrogens is 362 g/mol. The molecule has 0 unspecified atom stereocenters. The number of thiazole rings is 1. The van der Waals surface area contributed by atoms with Crippen LogP contribution in [0.1, 0.15) is 57.3 Å². The Morgan fingerprint density at radius 1 is 1.26 bits per heavy atom. The maximum atomic E-state index is 13.2. The van der Waals surface area contributed by atoms with E-state index in [1.807, 2.05) is 34.6 Å². The Morgan fingerprint density at radius 3 is 2.44 bits per heavy atom. The molecule has 2 heterocycles. The number of rotatable bonds is 9. The minimum atomic E-state index is -0.465. The van der Waals surface area contributed by atoms with Gasteiger partial charge in [-0.25, -0.2) is 4.98 Å². The predicted molar refractivity (Wildman–Crippen MR) is 106 cm³/mol. The first-order valence-electron chi connectivity index (χ1n) is 9.74. The summed E-state index contributed by atoms with van der Waals surface area (Å²) in [6.07, 6.45) is 2.77. The van der Waals surface area contributed by atoms with Gasteiger partial charge in [0, 0.05) is 41.9 Å². The molecule has 2 amide bonds.